The van der Waals surface area contributed by atoms with Crippen molar-refractivity contribution in [3.63, 3.8) is 0 Å². The summed E-state index contributed by atoms with van der Waals surface area (Å²) in [7, 11) is -1.80. The number of hydrogen-bond acceptors (Lipinski definition) is 3. The molecule has 0 spiro atoms. The summed E-state index contributed by atoms with van der Waals surface area (Å²) in [6.45, 7) is 20.7. The Morgan fingerprint density at radius 3 is 2.00 bits per heavy atom. The van der Waals surface area contributed by atoms with Crippen LogP contribution in [0.5, 0.6) is 0 Å². The second kappa shape index (κ2) is 7.42. The van der Waals surface area contributed by atoms with E-state index in [1.807, 2.05) is 5.98 Å². The molecule has 23 heavy (non-hydrogen) atoms. The first kappa shape index (κ1) is 20.9. The average Bonchev–Trinajstić information content (AvgIpc) is 2.55. The van der Waals surface area contributed by atoms with Crippen LogP contribution in [0.2, 0.25) is 18.1 Å². The van der Waals surface area contributed by atoms with Crippen molar-refractivity contribution in [3.8, 4) is 0 Å². The first-order chi connectivity index (χ1) is 10.3. The van der Waals surface area contributed by atoms with Crippen LogP contribution in [0.1, 0.15) is 67.7 Å². The van der Waals surface area contributed by atoms with Crippen molar-refractivity contribution in [2.75, 3.05) is 6.61 Å². The highest BCUT2D eigenvalue weighted by Gasteiger charge is 2.49. The van der Waals surface area contributed by atoms with Crippen molar-refractivity contribution in [1.82, 2.24) is 0 Å². The zero-order valence-corrected chi connectivity index (χ0v) is 17.8. The van der Waals surface area contributed by atoms with Gasteiger partial charge in [-0.25, -0.2) is 0 Å². The lowest BCUT2D eigenvalue weighted by atomic mass is 9.89. The molecule has 1 rings (SSSR count). The summed E-state index contributed by atoms with van der Waals surface area (Å²) >= 11 is 0. The molecule has 0 aromatic rings. The molecule has 0 atom stereocenters. The lowest BCUT2D eigenvalue weighted by Crippen LogP contribution is -2.41. The standard InChI is InChI=1S/C18H37BO3Si/c1-16(2,3)23(8,9)20-15-13-11-10-12-14-19-21-17(4,5)18(6,7)22-19/h12,14H,10-11,13,15H2,1-9H3/b14-12-. The molecule has 5 heteroatoms. The fourth-order valence-electron chi connectivity index (χ4n) is 2.08. The van der Waals surface area contributed by atoms with Gasteiger partial charge in [0.2, 0.25) is 0 Å². The first-order valence-electron chi connectivity index (χ1n) is 8.95. The minimum atomic E-state index is -1.58. The van der Waals surface area contributed by atoms with Gasteiger partial charge in [-0.3, -0.25) is 0 Å². The highest BCUT2D eigenvalue weighted by atomic mass is 28.4. The van der Waals surface area contributed by atoms with Crippen LogP contribution in [0.4, 0.5) is 0 Å². The van der Waals surface area contributed by atoms with E-state index in [0.717, 1.165) is 25.9 Å². The van der Waals surface area contributed by atoms with Crippen molar-refractivity contribution in [2.45, 2.75) is 97.1 Å². The minimum Gasteiger partial charge on any atom is -0.417 e. The number of rotatable bonds is 7. The molecule has 1 aliphatic heterocycles. The second-order valence-electron chi connectivity index (χ2n) is 9.16. The monoisotopic (exact) mass is 340 g/mol. The molecule has 1 saturated heterocycles. The van der Waals surface area contributed by atoms with Gasteiger partial charge in [-0.05, 0) is 65.1 Å². The van der Waals surface area contributed by atoms with E-state index in [-0.39, 0.29) is 18.3 Å². The third-order valence-electron chi connectivity index (χ3n) is 5.60. The predicted molar refractivity (Wildman–Crippen MR) is 102 cm³/mol. The van der Waals surface area contributed by atoms with E-state index in [0.29, 0.717) is 5.04 Å². The summed E-state index contributed by atoms with van der Waals surface area (Å²) in [5, 5.41) is 0.295. The SMILES string of the molecule is CC1(C)OB(/C=C\CCCCO[Si](C)(C)C(C)(C)C)OC1(C)C. The fraction of sp³-hybridized carbons (Fsp3) is 0.889. The van der Waals surface area contributed by atoms with Gasteiger partial charge >= 0.3 is 7.12 Å². The summed E-state index contributed by atoms with van der Waals surface area (Å²) in [6, 6.07) is 0. The van der Waals surface area contributed by atoms with E-state index in [9.17, 15) is 0 Å². The van der Waals surface area contributed by atoms with Gasteiger partial charge in [-0.15, -0.1) is 0 Å². The van der Waals surface area contributed by atoms with E-state index < -0.39 is 8.32 Å². The third-order valence-corrected chi connectivity index (χ3v) is 10.1. The molecule has 0 aromatic carbocycles. The summed E-state index contributed by atoms with van der Waals surface area (Å²) in [6.07, 6.45) is 5.48. The number of hydrogen-bond donors (Lipinski definition) is 0. The van der Waals surface area contributed by atoms with Gasteiger partial charge in [0.05, 0.1) is 11.2 Å². The Kier molecular flexibility index (Phi) is 6.76. The molecule has 134 valence electrons. The van der Waals surface area contributed by atoms with Crippen LogP contribution in [-0.2, 0) is 13.7 Å². The lowest BCUT2D eigenvalue weighted by Gasteiger charge is -2.36. The van der Waals surface area contributed by atoms with E-state index in [4.69, 9.17) is 13.7 Å². The summed E-state index contributed by atoms with van der Waals surface area (Å²) < 4.78 is 18.1. The van der Waals surface area contributed by atoms with Crippen LogP contribution in [-0.4, -0.2) is 33.2 Å². The Labute approximate surface area is 145 Å². The molecule has 1 fully saturated rings. The molecular weight excluding hydrogens is 303 g/mol. The van der Waals surface area contributed by atoms with Crippen molar-refractivity contribution in [3.05, 3.63) is 12.1 Å². The molecular formula is C18H37BO3Si. The molecule has 0 aliphatic carbocycles. The first-order valence-corrected chi connectivity index (χ1v) is 11.9. The predicted octanol–water partition coefficient (Wildman–Crippen LogP) is 5.37. The van der Waals surface area contributed by atoms with Crippen LogP contribution in [0.15, 0.2) is 12.1 Å². The molecule has 0 radical (unpaired) electrons. The second-order valence-corrected chi connectivity index (χ2v) is 14.0. The van der Waals surface area contributed by atoms with Crippen molar-refractivity contribution in [1.29, 1.82) is 0 Å². The Morgan fingerprint density at radius 1 is 1.00 bits per heavy atom. The maximum atomic E-state index is 6.19. The number of allylic oxidation sites excluding steroid dienone is 1. The molecule has 1 aliphatic rings. The van der Waals surface area contributed by atoms with Gasteiger partial charge in [0.15, 0.2) is 8.32 Å². The highest BCUT2D eigenvalue weighted by molar-refractivity contribution is 6.74. The van der Waals surface area contributed by atoms with Gasteiger partial charge in [0, 0.05) is 6.61 Å². The van der Waals surface area contributed by atoms with Gasteiger partial charge in [-0.2, -0.15) is 0 Å². The van der Waals surface area contributed by atoms with Crippen molar-refractivity contribution in [2.24, 2.45) is 0 Å². The Hall–Kier alpha value is -0.0982. The van der Waals surface area contributed by atoms with Crippen LogP contribution in [0.25, 0.3) is 0 Å². The summed E-state index contributed by atoms with van der Waals surface area (Å²) in [4.78, 5) is 0. The van der Waals surface area contributed by atoms with Crippen LogP contribution < -0.4 is 0 Å². The highest BCUT2D eigenvalue weighted by Crippen LogP contribution is 2.37. The quantitative estimate of drug-likeness (QED) is 0.461. The van der Waals surface area contributed by atoms with Crippen LogP contribution in [0.3, 0.4) is 0 Å². The smallest absolute Gasteiger partial charge is 0.417 e. The van der Waals surface area contributed by atoms with Gasteiger partial charge in [0.25, 0.3) is 0 Å². The molecule has 1 heterocycles. The Morgan fingerprint density at radius 2 is 1.52 bits per heavy atom. The van der Waals surface area contributed by atoms with Crippen LogP contribution >= 0.6 is 0 Å². The van der Waals surface area contributed by atoms with E-state index in [1.54, 1.807) is 0 Å². The molecule has 0 saturated carbocycles. The van der Waals surface area contributed by atoms with Gasteiger partial charge in [0.1, 0.15) is 0 Å². The van der Waals surface area contributed by atoms with E-state index in [2.05, 4.69) is 67.6 Å². The molecule has 0 N–H and O–H groups in total. The van der Waals surface area contributed by atoms with E-state index >= 15 is 0 Å². The number of unbranched alkanes of at least 4 members (excludes halogenated alkanes) is 2. The van der Waals surface area contributed by atoms with Crippen molar-refractivity contribution < 1.29 is 13.7 Å². The third kappa shape index (κ3) is 5.73. The molecule has 0 bridgehead atoms. The Bertz CT molecular complexity index is 395. The molecule has 0 amide bonds. The maximum Gasteiger partial charge on any atom is 0.486 e. The van der Waals surface area contributed by atoms with Crippen LogP contribution in [0, 0.1) is 0 Å². The van der Waals surface area contributed by atoms with E-state index in [1.165, 1.54) is 0 Å². The van der Waals surface area contributed by atoms with Gasteiger partial charge in [-0.1, -0.05) is 32.8 Å². The molecule has 0 aromatic heterocycles. The lowest BCUT2D eigenvalue weighted by molar-refractivity contribution is 0.00578. The fourth-order valence-corrected chi connectivity index (χ4v) is 3.17. The zero-order chi connectivity index (χ0) is 17.9. The summed E-state index contributed by atoms with van der Waals surface area (Å²) in [5.74, 6) is 2.05. The molecule has 0 unspecified atom stereocenters. The normalized spacial score (nSPS) is 21.3. The molecule has 3 nitrogen and oxygen atoms in total. The summed E-state index contributed by atoms with van der Waals surface area (Å²) in [5.41, 5.74) is -0.502. The average molecular weight is 340 g/mol. The maximum absolute atomic E-state index is 6.19. The zero-order valence-electron chi connectivity index (χ0n) is 16.8. The Balaban J connectivity index is 2.22. The van der Waals surface area contributed by atoms with Gasteiger partial charge < -0.3 is 13.7 Å². The minimum absolute atomic E-state index is 0.219. The topological polar surface area (TPSA) is 27.7 Å². The van der Waals surface area contributed by atoms with Crippen molar-refractivity contribution >= 4 is 15.4 Å². The largest absolute Gasteiger partial charge is 0.486 e.